The van der Waals surface area contributed by atoms with Gasteiger partial charge in [0, 0.05) is 11.7 Å². The number of amides is 1. The topological polar surface area (TPSA) is 55.1 Å². The SMILES string of the molecule is CCC(C)CC(C)NC(=O)c1cc(F)ccc1N. The molecule has 18 heavy (non-hydrogen) atoms. The Labute approximate surface area is 108 Å². The summed E-state index contributed by atoms with van der Waals surface area (Å²) in [5, 5.41) is 2.84. The lowest BCUT2D eigenvalue weighted by Crippen LogP contribution is -2.34. The molecule has 2 unspecified atom stereocenters. The molecular formula is C14H21FN2O. The van der Waals surface area contributed by atoms with Gasteiger partial charge in [-0.1, -0.05) is 20.3 Å². The quantitative estimate of drug-likeness (QED) is 0.792. The first-order valence-electron chi connectivity index (χ1n) is 6.30. The van der Waals surface area contributed by atoms with Crippen molar-refractivity contribution in [2.45, 2.75) is 39.7 Å². The van der Waals surface area contributed by atoms with E-state index in [1.165, 1.54) is 18.2 Å². The largest absolute Gasteiger partial charge is 0.398 e. The van der Waals surface area contributed by atoms with Gasteiger partial charge < -0.3 is 11.1 Å². The second-order valence-corrected chi connectivity index (χ2v) is 4.86. The lowest BCUT2D eigenvalue weighted by molar-refractivity contribution is 0.0936. The fourth-order valence-electron chi connectivity index (χ4n) is 1.86. The number of nitrogens with one attached hydrogen (secondary N) is 1. The first-order chi connectivity index (χ1) is 8.43. The Bertz CT molecular complexity index is 420. The van der Waals surface area contributed by atoms with E-state index in [-0.39, 0.29) is 17.5 Å². The minimum Gasteiger partial charge on any atom is -0.398 e. The van der Waals surface area contributed by atoms with E-state index < -0.39 is 5.82 Å². The number of anilines is 1. The minimum absolute atomic E-state index is 0.0510. The van der Waals surface area contributed by atoms with E-state index >= 15 is 0 Å². The van der Waals surface area contributed by atoms with Crippen molar-refractivity contribution in [2.24, 2.45) is 5.92 Å². The number of carbonyl (C=O) groups is 1. The van der Waals surface area contributed by atoms with Crippen LogP contribution in [0.1, 0.15) is 44.0 Å². The molecule has 1 rings (SSSR count). The molecule has 0 aliphatic rings. The fourth-order valence-corrected chi connectivity index (χ4v) is 1.86. The van der Waals surface area contributed by atoms with Crippen molar-refractivity contribution in [3.8, 4) is 0 Å². The van der Waals surface area contributed by atoms with Crippen molar-refractivity contribution in [3.63, 3.8) is 0 Å². The molecule has 0 saturated heterocycles. The molecule has 4 heteroatoms. The molecule has 1 aromatic rings. The minimum atomic E-state index is -0.455. The van der Waals surface area contributed by atoms with Crippen LogP contribution in [-0.4, -0.2) is 11.9 Å². The molecule has 3 nitrogen and oxygen atoms in total. The van der Waals surface area contributed by atoms with Gasteiger partial charge in [-0.2, -0.15) is 0 Å². The average molecular weight is 252 g/mol. The van der Waals surface area contributed by atoms with Crippen molar-refractivity contribution >= 4 is 11.6 Å². The summed E-state index contributed by atoms with van der Waals surface area (Å²) >= 11 is 0. The number of halogens is 1. The van der Waals surface area contributed by atoms with Crippen molar-refractivity contribution in [3.05, 3.63) is 29.6 Å². The third-order valence-corrected chi connectivity index (χ3v) is 3.09. The summed E-state index contributed by atoms with van der Waals surface area (Å²) in [5.74, 6) is -0.225. The van der Waals surface area contributed by atoms with Crippen LogP contribution in [0.5, 0.6) is 0 Å². The lowest BCUT2D eigenvalue weighted by Gasteiger charge is -2.18. The van der Waals surface area contributed by atoms with Crippen LogP contribution in [0.25, 0.3) is 0 Å². The van der Waals surface area contributed by atoms with Crippen molar-refractivity contribution < 1.29 is 9.18 Å². The van der Waals surface area contributed by atoms with E-state index in [2.05, 4.69) is 19.2 Å². The van der Waals surface area contributed by atoms with Gasteiger partial charge in [0.25, 0.3) is 5.91 Å². The highest BCUT2D eigenvalue weighted by atomic mass is 19.1. The second-order valence-electron chi connectivity index (χ2n) is 4.86. The number of rotatable bonds is 5. The van der Waals surface area contributed by atoms with Crippen LogP contribution in [0, 0.1) is 11.7 Å². The number of carbonyl (C=O) groups excluding carboxylic acids is 1. The molecule has 1 amide bonds. The molecule has 0 aliphatic carbocycles. The number of benzene rings is 1. The van der Waals surface area contributed by atoms with Crippen molar-refractivity contribution in [1.82, 2.24) is 5.32 Å². The molecule has 0 aliphatic heterocycles. The van der Waals surface area contributed by atoms with Gasteiger partial charge >= 0.3 is 0 Å². The van der Waals surface area contributed by atoms with E-state index in [9.17, 15) is 9.18 Å². The Balaban J connectivity index is 2.67. The predicted octanol–water partition coefficient (Wildman–Crippen LogP) is 2.96. The van der Waals surface area contributed by atoms with E-state index in [1.54, 1.807) is 0 Å². The smallest absolute Gasteiger partial charge is 0.253 e. The summed E-state index contributed by atoms with van der Waals surface area (Å²) < 4.78 is 13.1. The first-order valence-corrected chi connectivity index (χ1v) is 6.30. The fraction of sp³-hybridized carbons (Fsp3) is 0.500. The van der Waals surface area contributed by atoms with Gasteiger partial charge in [-0.15, -0.1) is 0 Å². The van der Waals surface area contributed by atoms with Gasteiger partial charge in [0.2, 0.25) is 0 Å². The molecule has 0 radical (unpaired) electrons. The van der Waals surface area contributed by atoms with E-state index in [0.29, 0.717) is 11.6 Å². The Morgan fingerprint density at radius 3 is 2.72 bits per heavy atom. The van der Waals surface area contributed by atoms with Gasteiger partial charge in [-0.3, -0.25) is 4.79 Å². The molecule has 0 heterocycles. The molecule has 2 atom stereocenters. The summed E-state index contributed by atoms with van der Waals surface area (Å²) in [4.78, 5) is 11.9. The van der Waals surface area contributed by atoms with Crippen LogP contribution < -0.4 is 11.1 Å². The summed E-state index contributed by atoms with van der Waals surface area (Å²) in [6.07, 6.45) is 1.97. The van der Waals surface area contributed by atoms with Crippen LogP contribution in [-0.2, 0) is 0 Å². The highest BCUT2D eigenvalue weighted by Gasteiger charge is 2.14. The van der Waals surface area contributed by atoms with Crippen LogP contribution in [0.3, 0.4) is 0 Å². The van der Waals surface area contributed by atoms with E-state index in [1.807, 2.05) is 6.92 Å². The molecular weight excluding hydrogens is 231 g/mol. The highest BCUT2D eigenvalue weighted by Crippen LogP contribution is 2.15. The second kappa shape index (κ2) is 6.38. The maximum Gasteiger partial charge on any atom is 0.253 e. The summed E-state index contributed by atoms with van der Waals surface area (Å²) in [6.45, 7) is 6.20. The average Bonchev–Trinajstić information content (AvgIpc) is 2.31. The van der Waals surface area contributed by atoms with Crippen LogP contribution in [0.2, 0.25) is 0 Å². The normalized spacial score (nSPS) is 14.0. The van der Waals surface area contributed by atoms with Crippen molar-refractivity contribution in [2.75, 3.05) is 5.73 Å². The Kier molecular flexibility index (Phi) is 5.13. The molecule has 0 fully saturated rings. The molecule has 3 N–H and O–H groups in total. The number of hydrogen-bond donors (Lipinski definition) is 2. The van der Waals surface area contributed by atoms with Gasteiger partial charge in [0.1, 0.15) is 5.82 Å². The van der Waals surface area contributed by atoms with Gasteiger partial charge in [0.15, 0.2) is 0 Å². The zero-order chi connectivity index (χ0) is 13.7. The van der Waals surface area contributed by atoms with Gasteiger partial charge in [-0.25, -0.2) is 4.39 Å². The van der Waals surface area contributed by atoms with Gasteiger partial charge in [-0.05, 0) is 37.5 Å². The third-order valence-electron chi connectivity index (χ3n) is 3.09. The molecule has 0 bridgehead atoms. The molecule has 0 aromatic heterocycles. The zero-order valence-corrected chi connectivity index (χ0v) is 11.2. The number of hydrogen-bond acceptors (Lipinski definition) is 2. The zero-order valence-electron chi connectivity index (χ0n) is 11.2. The summed E-state index contributed by atoms with van der Waals surface area (Å²) in [7, 11) is 0. The summed E-state index contributed by atoms with van der Waals surface area (Å²) in [5.41, 5.74) is 6.16. The maximum atomic E-state index is 13.1. The number of nitrogens with two attached hydrogens (primary N) is 1. The molecule has 0 spiro atoms. The monoisotopic (exact) mass is 252 g/mol. The Morgan fingerprint density at radius 2 is 2.11 bits per heavy atom. The number of nitrogen functional groups attached to an aromatic ring is 1. The maximum absolute atomic E-state index is 13.1. The van der Waals surface area contributed by atoms with Crippen LogP contribution in [0.4, 0.5) is 10.1 Å². The molecule has 1 aromatic carbocycles. The molecule has 0 saturated carbocycles. The summed E-state index contributed by atoms with van der Waals surface area (Å²) in [6, 6.07) is 3.87. The highest BCUT2D eigenvalue weighted by molar-refractivity contribution is 5.99. The first kappa shape index (κ1) is 14.5. The van der Waals surface area contributed by atoms with Gasteiger partial charge in [0.05, 0.1) is 5.56 Å². The molecule has 100 valence electrons. The standard InChI is InChI=1S/C14H21FN2O/c1-4-9(2)7-10(3)17-14(18)12-8-11(15)5-6-13(12)16/h5-6,8-10H,4,7,16H2,1-3H3,(H,17,18). The van der Waals surface area contributed by atoms with Crippen LogP contribution >= 0.6 is 0 Å². The van der Waals surface area contributed by atoms with Crippen molar-refractivity contribution in [1.29, 1.82) is 0 Å². The van der Waals surface area contributed by atoms with Crippen LogP contribution in [0.15, 0.2) is 18.2 Å². The Morgan fingerprint density at radius 1 is 1.44 bits per heavy atom. The Hall–Kier alpha value is -1.58. The predicted molar refractivity (Wildman–Crippen MR) is 71.8 cm³/mol. The lowest BCUT2D eigenvalue weighted by atomic mass is 10.00. The van der Waals surface area contributed by atoms with E-state index in [4.69, 9.17) is 5.73 Å². The van der Waals surface area contributed by atoms with E-state index in [0.717, 1.165) is 12.8 Å². The third kappa shape index (κ3) is 4.02.